The Morgan fingerprint density at radius 2 is 1.84 bits per heavy atom. The maximum Gasteiger partial charge on any atom is 0.185 e. The molecule has 1 aromatic carbocycles. The Hall–Kier alpha value is -0.680. The minimum atomic E-state index is -1.53. The lowest BCUT2D eigenvalue weighted by Crippen LogP contribution is -2.10. The number of Topliss-reactive ketones (excluding diaryl/α,β-unsaturated/α-hetero) is 1. The second-order valence-corrected chi connectivity index (χ2v) is 7.36. The number of hydrogen-bond acceptors (Lipinski definition) is 3. The number of carbonyl (C=O) groups excluding carboxylic acids is 1. The van der Waals surface area contributed by atoms with Crippen molar-refractivity contribution >= 4 is 51.1 Å². The fraction of sp³-hybridized carbons (Fsp3) is 0.154. The van der Waals surface area contributed by atoms with Crippen LogP contribution >= 0.6 is 34.5 Å². The molecule has 1 heterocycles. The lowest BCUT2D eigenvalue weighted by molar-refractivity contribution is 0.102. The Kier molecular flexibility index (Phi) is 4.79. The van der Waals surface area contributed by atoms with E-state index in [2.05, 4.69) is 0 Å². The highest BCUT2D eigenvalue weighted by molar-refractivity contribution is 7.86. The molecule has 0 amide bonds. The van der Waals surface area contributed by atoms with E-state index in [0.29, 0.717) is 19.8 Å². The summed E-state index contributed by atoms with van der Waals surface area (Å²) in [5.74, 6) is -0.268. The standard InChI is InChI=1S/C13H10Cl2O2S2/c1-8-5-6-12(18-8)11(16)7-19(17)13-9(14)3-2-4-10(13)15/h2-6H,7H2,1H3. The largest absolute Gasteiger partial charge is 0.292 e. The number of thiophene rings is 1. The maximum atomic E-state index is 12.2. The molecule has 0 spiro atoms. The minimum Gasteiger partial charge on any atom is -0.292 e. The summed E-state index contributed by atoms with van der Waals surface area (Å²) in [5.41, 5.74) is 0. The van der Waals surface area contributed by atoms with Gasteiger partial charge in [0, 0.05) is 4.88 Å². The van der Waals surface area contributed by atoms with Crippen molar-refractivity contribution in [2.45, 2.75) is 11.8 Å². The van der Waals surface area contributed by atoms with Crippen LogP contribution in [0.4, 0.5) is 0 Å². The van der Waals surface area contributed by atoms with Gasteiger partial charge in [-0.2, -0.15) is 0 Å². The average Bonchev–Trinajstić information content (AvgIpc) is 2.75. The average molecular weight is 333 g/mol. The van der Waals surface area contributed by atoms with Gasteiger partial charge in [0.15, 0.2) is 5.78 Å². The van der Waals surface area contributed by atoms with Crippen molar-refractivity contribution in [3.63, 3.8) is 0 Å². The molecular weight excluding hydrogens is 323 g/mol. The van der Waals surface area contributed by atoms with Crippen LogP contribution in [0.15, 0.2) is 35.2 Å². The lowest BCUT2D eigenvalue weighted by atomic mass is 10.3. The minimum absolute atomic E-state index is 0.108. The van der Waals surface area contributed by atoms with E-state index in [4.69, 9.17) is 23.2 Å². The van der Waals surface area contributed by atoms with E-state index in [1.165, 1.54) is 11.3 Å². The highest BCUT2D eigenvalue weighted by Gasteiger charge is 2.18. The summed E-state index contributed by atoms with van der Waals surface area (Å²) < 4.78 is 12.2. The molecule has 0 radical (unpaired) electrons. The molecule has 0 N–H and O–H groups in total. The monoisotopic (exact) mass is 332 g/mol. The number of rotatable bonds is 4. The first-order chi connectivity index (χ1) is 8.99. The summed E-state index contributed by atoms with van der Waals surface area (Å²) in [4.78, 5) is 14.0. The van der Waals surface area contributed by atoms with Gasteiger partial charge in [-0.15, -0.1) is 11.3 Å². The number of ketones is 1. The van der Waals surface area contributed by atoms with Gasteiger partial charge in [-0.25, -0.2) is 0 Å². The summed E-state index contributed by atoms with van der Waals surface area (Å²) in [6, 6.07) is 8.51. The van der Waals surface area contributed by atoms with E-state index >= 15 is 0 Å². The molecule has 0 aliphatic carbocycles. The van der Waals surface area contributed by atoms with Crippen molar-refractivity contribution in [1.82, 2.24) is 0 Å². The van der Waals surface area contributed by atoms with Crippen LogP contribution in [0.25, 0.3) is 0 Å². The van der Waals surface area contributed by atoms with E-state index in [1.54, 1.807) is 24.3 Å². The fourth-order valence-corrected chi connectivity index (χ4v) is 4.47. The van der Waals surface area contributed by atoms with Crippen molar-refractivity contribution in [2.75, 3.05) is 5.75 Å². The van der Waals surface area contributed by atoms with Gasteiger partial charge < -0.3 is 0 Å². The third-order valence-corrected chi connectivity index (χ3v) is 5.74. The maximum absolute atomic E-state index is 12.2. The van der Waals surface area contributed by atoms with Crippen LogP contribution in [0.3, 0.4) is 0 Å². The molecule has 0 aliphatic heterocycles. The van der Waals surface area contributed by atoms with Crippen LogP contribution in [0.2, 0.25) is 10.0 Å². The molecule has 0 saturated heterocycles. The highest BCUT2D eigenvalue weighted by Crippen LogP contribution is 2.28. The summed E-state index contributed by atoms with van der Waals surface area (Å²) in [7, 11) is -1.53. The Balaban J connectivity index is 2.20. The van der Waals surface area contributed by atoms with E-state index in [1.807, 2.05) is 13.0 Å². The highest BCUT2D eigenvalue weighted by atomic mass is 35.5. The van der Waals surface area contributed by atoms with Gasteiger partial charge in [-0.05, 0) is 31.2 Å². The van der Waals surface area contributed by atoms with Gasteiger partial charge in [0.1, 0.15) is 0 Å². The first kappa shape index (κ1) is 14.7. The molecular formula is C13H10Cl2O2S2. The predicted octanol–water partition coefficient (Wildman–Crippen LogP) is 4.35. The molecule has 0 saturated carbocycles. The third kappa shape index (κ3) is 3.45. The van der Waals surface area contributed by atoms with Crippen molar-refractivity contribution in [1.29, 1.82) is 0 Å². The third-order valence-electron chi connectivity index (χ3n) is 2.42. The van der Waals surface area contributed by atoms with E-state index < -0.39 is 10.8 Å². The SMILES string of the molecule is Cc1ccc(C(=O)CS(=O)c2c(Cl)cccc2Cl)s1. The van der Waals surface area contributed by atoms with Crippen LogP contribution in [0.5, 0.6) is 0 Å². The summed E-state index contributed by atoms with van der Waals surface area (Å²) in [6.45, 7) is 1.92. The zero-order chi connectivity index (χ0) is 14.0. The number of benzene rings is 1. The molecule has 19 heavy (non-hydrogen) atoms. The van der Waals surface area contributed by atoms with Crippen LogP contribution in [-0.2, 0) is 10.8 Å². The van der Waals surface area contributed by atoms with Gasteiger partial charge >= 0.3 is 0 Å². The zero-order valence-electron chi connectivity index (χ0n) is 9.98. The number of carbonyl (C=O) groups is 1. The molecule has 100 valence electrons. The first-order valence-corrected chi connectivity index (χ1v) is 8.30. The van der Waals surface area contributed by atoms with Crippen molar-refractivity contribution in [2.24, 2.45) is 0 Å². The Bertz CT molecular complexity index is 630. The Morgan fingerprint density at radius 3 is 2.37 bits per heavy atom. The molecule has 1 atom stereocenters. The van der Waals surface area contributed by atoms with Crippen LogP contribution in [-0.4, -0.2) is 15.7 Å². The molecule has 2 nitrogen and oxygen atoms in total. The quantitative estimate of drug-likeness (QED) is 0.780. The van der Waals surface area contributed by atoms with Gasteiger partial charge in [0.25, 0.3) is 0 Å². The second kappa shape index (κ2) is 6.18. The van der Waals surface area contributed by atoms with Gasteiger partial charge in [0.05, 0.1) is 36.4 Å². The number of aryl methyl sites for hydroxylation is 1. The summed E-state index contributed by atoms with van der Waals surface area (Å²) >= 11 is 13.3. The second-order valence-electron chi connectivity index (χ2n) is 3.87. The Labute approximate surface area is 127 Å². The zero-order valence-corrected chi connectivity index (χ0v) is 13.1. The van der Waals surface area contributed by atoms with Crippen molar-refractivity contribution in [3.05, 3.63) is 50.1 Å². The molecule has 0 fully saturated rings. The van der Waals surface area contributed by atoms with Gasteiger partial charge in [-0.1, -0.05) is 29.3 Å². The fourth-order valence-electron chi connectivity index (χ4n) is 1.55. The smallest absolute Gasteiger partial charge is 0.185 e. The molecule has 0 bridgehead atoms. The predicted molar refractivity (Wildman–Crippen MR) is 81.1 cm³/mol. The molecule has 1 unspecified atom stereocenters. The molecule has 1 aromatic heterocycles. The summed E-state index contributed by atoms with van der Waals surface area (Å²) in [5, 5.41) is 0.641. The topological polar surface area (TPSA) is 34.1 Å². The van der Waals surface area contributed by atoms with Crippen molar-refractivity contribution in [3.8, 4) is 0 Å². The molecule has 6 heteroatoms. The normalized spacial score (nSPS) is 12.4. The van der Waals surface area contributed by atoms with Crippen molar-refractivity contribution < 1.29 is 9.00 Å². The number of hydrogen-bond donors (Lipinski definition) is 0. The lowest BCUT2D eigenvalue weighted by Gasteiger charge is -2.05. The van der Waals surface area contributed by atoms with Crippen LogP contribution < -0.4 is 0 Å². The van der Waals surface area contributed by atoms with Gasteiger partial charge in [-0.3, -0.25) is 9.00 Å². The van der Waals surface area contributed by atoms with E-state index in [-0.39, 0.29) is 11.5 Å². The van der Waals surface area contributed by atoms with Crippen LogP contribution in [0, 0.1) is 6.92 Å². The van der Waals surface area contributed by atoms with E-state index in [9.17, 15) is 9.00 Å². The Morgan fingerprint density at radius 1 is 1.21 bits per heavy atom. The molecule has 2 aromatic rings. The summed E-state index contributed by atoms with van der Waals surface area (Å²) in [6.07, 6.45) is 0. The van der Waals surface area contributed by atoms with Crippen LogP contribution in [0.1, 0.15) is 14.5 Å². The molecule has 0 aliphatic rings. The number of halogens is 2. The van der Waals surface area contributed by atoms with E-state index in [0.717, 1.165) is 4.88 Å². The molecule has 2 rings (SSSR count). The van der Waals surface area contributed by atoms with Gasteiger partial charge in [0.2, 0.25) is 0 Å². The first-order valence-electron chi connectivity index (χ1n) is 5.41.